The quantitative estimate of drug-likeness (QED) is 0.0120. The highest BCUT2D eigenvalue weighted by Gasteiger charge is 2.51. The number of esters is 3. The van der Waals surface area contributed by atoms with Crippen molar-refractivity contribution in [3.63, 3.8) is 0 Å². The van der Waals surface area contributed by atoms with Crippen molar-refractivity contribution in [1.82, 2.24) is 29.7 Å². The molecule has 6 heterocycles. The number of hydrogen-bond donors (Lipinski definition) is 3. The molecule has 700 valence electrons. The van der Waals surface area contributed by atoms with E-state index in [1.54, 1.807) is 116 Å². The number of carbonyl (C=O) groups excluding carboxylic acids is 6. The summed E-state index contributed by atoms with van der Waals surface area (Å²) < 4.78 is 139. The van der Waals surface area contributed by atoms with Crippen molar-refractivity contribution in [1.29, 1.82) is 0 Å². The van der Waals surface area contributed by atoms with Crippen LogP contribution in [0.3, 0.4) is 0 Å². The van der Waals surface area contributed by atoms with Crippen LogP contribution in [0.25, 0.3) is 55.0 Å². The van der Waals surface area contributed by atoms with Gasteiger partial charge in [-0.3, -0.25) is 29.3 Å². The first-order chi connectivity index (χ1) is 67.2. The van der Waals surface area contributed by atoms with E-state index < -0.39 is 70.3 Å². The Labute approximate surface area is 794 Å². The molecule has 0 bridgehead atoms. The number of aromatic nitrogens is 3. The fraction of sp³-hybridized carbons (Fsp3) is 0.139. The Morgan fingerprint density at radius 1 is 0.388 bits per heavy atom. The van der Waals surface area contributed by atoms with E-state index in [0.29, 0.717) is 73.3 Å². The molecule has 23 nitrogen and oxygen atoms in total. The third-order valence-corrected chi connectivity index (χ3v) is 24.1. The molecular formula is C108H85BF6N6O17S. The van der Waals surface area contributed by atoms with Crippen molar-refractivity contribution in [2.24, 2.45) is 0 Å². The lowest BCUT2D eigenvalue weighted by molar-refractivity contribution is -0.0500. The molecule has 16 aromatic rings. The maximum absolute atomic E-state index is 14.5. The number of phenols is 1. The summed E-state index contributed by atoms with van der Waals surface area (Å²) >= 11 is 0. The van der Waals surface area contributed by atoms with Gasteiger partial charge in [0.25, 0.3) is 17.7 Å². The van der Waals surface area contributed by atoms with Gasteiger partial charge in [-0.15, -0.1) is 0 Å². The SMILES string of the molecule is CCOC(=O)c1cccc(-c2c3c(c(O)c4ncccc24)C(=O)N(Cc2ccc(F)cc2)C3)c1.CCOC(=O)c1cccc(-c2c3c(c(OC(c4ccccc4)c4ccccc4)c4ncccc24)C(=O)N(Cc2ccc(F)cc2)C3)c1.CCOC(=O)c1cccc(B(O)O)c1.O=C1c2c(c(OS(=O)(=O)C(F)(F)F)c3cccnc3c2OC(c2ccccc2)c2ccccc2)CN1Cc1ccc(F)cc1. The molecule has 0 atom stereocenters. The zero-order chi connectivity index (χ0) is 97.8. The predicted molar refractivity (Wildman–Crippen MR) is 508 cm³/mol. The van der Waals surface area contributed by atoms with Crippen LogP contribution in [0.4, 0.5) is 26.3 Å². The monoisotopic (exact) mass is 1890 g/mol. The first kappa shape index (κ1) is 95.8. The van der Waals surface area contributed by atoms with Crippen molar-refractivity contribution in [2.45, 2.75) is 77.8 Å². The van der Waals surface area contributed by atoms with Gasteiger partial charge < -0.3 is 57.7 Å². The summed E-state index contributed by atoms with van der Waals surface area (Å²) in [4.78, 5) is 96.3. The number of phenolic OH excluding ortho intramolecular Hbond substituents is 1. The molecule has 0 radical (unpaired) electrons. The molecular weight excluding hydrogens is 1810 g/mol. The summed E-state index contributed by atoms with van der Waals surface area (Å²) in [5.74, 6) is -4.17. The second kappa shape index (κ2) is 42.3. The van der Waals surface area contributed by atoms with Crippen molar-refractivity contribution in [2.75, 3.05) is 19.8 Å². The largest absolute Gasteiger partial charge is 0.534 e. The average Bonchev–Trinajstić information content (AvgIpc) is 1.61. The molecule has 3 aliphatic heterocycles. The van der Waals surface area contributed by atoms with Crippen molar-refractivity contribution in [3.05, 3.63) is 428 Å². The van der Waals surface area contributed by atoms with Crippen LogP contribution in [0.15, 0.2) is 322 Å². The Bertz CT molecular complexity index is 7340. The summed E-state index contributed by atoms with van der Waals surface area (Å²) in [6.07, 6.45) is 3.29. The van der Waals surface area contributed by atoms with Crippen LogP contribution in [-0.4, -0.2) is 121 Å². The zero-order valence-electron chi connectivity index (χ0n) is 74.6. The summed E-state index contributed by atoms with van der Waals surface area (Å²) in [6.45, 7) is 6.76. The Morgan fingerprint density at radius 3 is 1.10 bits per heavy atom. The molecule has 0 unspecified atom stereocenters. The number of pyridine rings is 3. The smallest absolute Gasteiger partial charge is 0.505 e. The van der Waals surface area contributed by atoms with E-state index in [1.165, 1.54) is 83.9 Å². The van der Waals surface area contributed by atoms with Crippen molar-refractivity contribution in [3.8, 4) is 45.3 Å². The molecule has 0 spiro atoms. The number of hydrogen-bond acceptors (Lipinski definition) is 20. The molecule has 3 aliphatic rings. The van der Waals surface area contributed by atoms with Crippen LogP contribution in [-0.2, 0) is 63.6 Å². The minimum absolute atomic E-state index is 0.0448. The first-order valence-electron chi connectivity index (χ1n) is 44.0. The maximum atomic E-state index is 14.5. The average molecular weight is 1900 g/mol. The lowest BCUT2D eigenvalue weighted by Crippen LogP contribution is -2.30. The fourth-order valence-corrected chi connectivity index (χ4v) is 17.3. The van der Waals surface area contributed by atoms with E-state index in [1.807, 2.05) is 158 Å². The number of ether oxygens (including phenoxy) is 5. The molecule has 0 saturated heterocycles. The minimum Gasteiger partial charge on any atom is -0.505 e. The molecule has 3 amide bonds. The van der Waals surface area contributed by atoms with Crippen LogP contribution >= 0.6 is 0 Å². The number of nitrogens with zero attached hydrogens (tertiary/aromatic N) is 6. The van der Waals surface area contributed by atoms with E-state index in [-0.39, 0.29) is 120 Å². The minimum atomic E-state index is -6.12. The van der Waals surface area contributed by atoms with Gasteiger partial charge in [-0.2, -0.15) is 21.6 Å². The number of fused-ring (bicyclic) bond motifs is 6. The van der Waals surface area contributed by atoms with Crippen LogP contribution in [0.1, 0.15) is 151 Å². The van der Waals surface area contributed by atoms with Gasteiger partial charge in [0.15, 0.2) is 23.0 Å². The number of amides is 3. The third kappa shape index (κ3) is 21.0. The standard InChI is InChI=1S/C40H31FN2O4.C32H22F4N2O5S.C27H21FN2O4.C9H11BO4/c1-2-46-40(45)30-16-9-15-29(23-30)34-32-17-10-22-42-36(32)38(47-37(27-11-5-3-6-12-27)28-13-7-4-8-14-28)35-33(34)25-43(39(35)44)24-26-18-20-31(41)21-19-26;33-23-15-13-20(14-16-23)18-38-19-25-26(31(38)39)30(42-28(21-8-3-1-4-9-21)22-10-5-2-6-11-22)27-24(12-7-17-37-27)29(25)43-44(40,41)32(34,35)36;1-2-34-27(33)18-6-3-5-17(13-18)22-20-7-4-12-29-24(20)25(31)23-21(22)15-30(26(23)32)14-16-8-10-19(28)11-9-16;1-2-14-9(11)7-4-3-5-8(6-7)10(12)13/h3-23,37H,2,24-25H2,1H3;1-17,28H,18-19H2;3-13,31H,2,14-15H2,1H3;3-6,12-13H,2H2,1H3. The van der Waals surface area contributed by atoms with Gasteiger partial charge in [-0.1, -0.05) is 206 Å². The molecule has 0 fully saturated rings. The topological polar surface area (TPSA) is 301 Å². The van der Waals surface area contributed by atoms with Crippen LogP contribution < -0.4 is 19.1 Å². The van der Waals surface area contributed by atoms with E-state index in [4.69, 9.17) is 42.9 Å². The number of benzene rings is 13. The Morgan fingerprint density at radius 2 is 0.719 bits per heavy atom. The molecule has 13 aromatic carbocycles. The number of rotatable bonds is 25. The zero-order valence-corrected chi connectivity index (χ0v) is 75.4. The highest BCUT2D eigenvalue weighted by atomic mass is 32.2. The van der Waals surface area contributed by atoms with Gasteiger partial charge in [-0.25, -0.2) is 27.6 Å². The lowest BCUT2D eigenvalue weighted by Gasteiger charge is -2.24. The Balaban J connectivity index is 0.000000142. The second-order valence-corrected chi connectivity index (χ2v) is 33.7. The Hall–Kier alpha value is -16.4. The van der Waals surface area contributed by atoms with Gasteiger partial charge in [0.05, 0.1) is 59.7 Å². The number of halogens is 6. The van der Waals surface area contributed by atoms with Gasteiger partial charge >= 0.3 is 40.7 Å². The molecule has 19 rings (SSSR count). The normalized spacial score (nSPS) is 12.5. The van der Waals surface area contributed by atoms with E-state index in [2.05, 4.69) is 9.97 Å². The maximum Gasteiger partial charge on any atom is 0.534 e. The first-order valence-corrected chi connectivity index (χ1v) is 45.4. The van der Waals surface area contributed by atoms with Gasteiger partial charge in [0.1, 0.15) is 46.2 Å². The molecule has 31 heteroatoms. The van der Waals surface area contributed by atoms with E-state index in [9.17, 15) is 68.6 Å². The predicted octanol–water partition coefficient (Wildman–Crippen LogP) is 20.1. The summed E-state index contributed by atoms with van der Waals surface area (Å²) in [5, 5.41) is 30.1. The van der Waals surface area contributed by atoms with E-state index in [0.717, 1.165) is 55.5 Å². The van der Waals surface area contributed by atoms with Crippen LogP contribution in [0.5, 0.6) is 23.0 Å². The van der Waals surface area contributed by atoms with Crippen molar-refractivity contribution < 1.29 is 107 Å². The van der Waals surface area contributed by atoms with E-state index >= 15 is 0 Å². The Kier molecular flexibility index (Phi) is 29.1. The van der Waals surface area contributed by atoms with Gasteiger partial charge in [0, 0.05) is 73.0 Å². The second-order valence-electron chi connectivity index (χ2n) is 32.2. The molecule has 3 N–H and O–H groups in total. The van der Waals surface area contributed by atoms with Crippen LogP contribution in [0.2, 0.25) is 0 Å². The van der Waals surface area contributed by atoms with Crippen LogP contribution in [0, 0.1) is 17.5 Å². The summed E-state index contributed by atoms with van der Waals surface area (Å²) in [7, 11) is -7.69. The molecule has 0 aliphatic carbocycles. The third-order valence-electron chi connectivity index (χ3n) is 23.1. The van der Waals surface area contributed by atoms with Gasteiger partial charge in [0.2, 0.25) is 0 Å². The molecule has 0 saturated carbocycles. The number of alkyl halides is 3. The van der Waals surface area contributed by atoms with Gasteiger partial charge in [-0.05, 0) is 196 Å². The number of aromatic hydroxyl groups is 1. The highest BCUT2D eigenvalue weighted by molar-refractivity contribution is 7.88. The summed E-state index contributed by atoms with van der Waals surface area (Å²) in [6, 6.07) is 85.9. The summed E-state index contributed by atoms with van der Waals surface area (Å²) in [5.41, 5.74) is 6.62. The molecule has 139 heavy (non-hydrogen) atoms. The highest BCUT2D eigenvalue weighted by Crippen LogP contribution is 2.51. The lowest BCUT2D eigenvalue weighted by atomic mass is 9.80. The fourth-order valence-electron chi connectivity index (χ4n) is 16.8. The number of carbonyl (C=O) groups is 6. The molecule has 3 aromatic heterocycles. The van der Waals surface area contributed by atoms with Crippen molar-refractivity contribution >= 4 is 91.0 Å².